The largest absolute Gasteiger partial charge is 0.349 e. The maximum atomic E-state index is 12.3. The Labute approximate surface area is 156 Å². The van der Waals surface area contributed by atoms with Gasteiger partial charge in [0.2, 0.25) is 0 Å². The molecule has 1 atom stereocenters. The van der Waals surface area contributed by atoms with Gasteiger partial charge in [-0.25, -0.2) is 0 Å². The summed E-state index contributed by atoms with van der Waals surface area (Å²) < 4.78 is 0. The van der Waals surface area contributed by atoms with Crippen molar-refractivity contribution in [2.24, 2.45) is 5.92 Å². The maximum Gasteiger partial charge on any atom is 0.255 e. The number of amides is 2. The number of hydrogen-bond donors (Lipinski definition) is 2. The highest BCUT2D eigenvalue weighted by atomic mass is 35.5. The van der Waals surface area contributed by atoms with E-state index >= 15 is 0 Å². The Hall–Kier alpha value is -2.04. The Morgan fingerprint density at radius 1 is 0.960 bits per heavy atom. The Morgan fingerprint density at radius 2 is 1.56 bits per heavy atom. The highest BCUT2D eigenvalue weighted by Crippen LogP contribution is 2.32. The molecule has 1 saturated carbocycles. The first-order chi connectivity index (χ1) is 11.9. The minimum absolute atomic E-state index is 0.0982. The summed E-state index contributed by atoms with van der Waals surface area (Å²) in [5.41, 5.74) is 1.53. The van der Waals surface area contributed by atoms with Crippen LogP contribution in [0.3, 0.4) is 0 Å². The van der Waals surface area contributed by atoms with Crippen LogP contribution in [0, 0.1) is 5.92 Å². The van der Waals surface area contributed by atoms with Gasteiger partial charge in [0.25, 0.3) is 11.8 Å². The van der Waals surface area contributed by atoms with Crippen LogP contribution in [0.15, 0.2) is 42.5 Å². The number of nitrogens with one attached hydrogen (secondary N) is 2. The molecule has 0 aromatic heterocycles. The van der Waals surface area contributed by atoms with Crippen molar-refractivity contribution in [1.82, 2.24) is 5.32 Å². The molecule has 1 aliphatic carbocycles. The van der Waals surface area contributed by atoms with Gasteiger partial charge in [0.05, 0.1) is 0 Å². The van der Waals surface area contributed by atoms with Crippen molar-refractivity contribution in [3.05, 3.63) is 63.6 Å². The fourth-order valence-electron chi connectivity index (χ4n) is 2.60. The van der Waals surface area contributed by atoms with Crippen molar-refractivity contribution in [3.8, 4) is 0 Å². The van der Waals surface area contributed by atoms with Crippen LogP contribution in [-0.2, 0) is 0 Å². The molecule has 0 aliphatic heterocycles. The Morgan fingerprint density at radius 3 is 2.12 bits per heavy atom. The molecule has 25 heavy (non-hydrogen) atoms. The van der Waals surface area contributed by atoms with E-state index in [-0.39, 0.29) is 17.9 Å². The van der Waals surface area contributed by atoms with E-state index in [9.17, 15) is 9.59 Å². The molecule has 2 aromatic carbocycles. The Kier molecular flexibility index (Phi) is 5.30. The van der Waals surface area contributed by atoms with E-state index in [1.165, 1.54) is 12.8 Å². The molecule has 0 heterocycles. The molecule has 0 bridgehead atoms. The molecule has 3 rings (SSSR count). The summed E-state index contributed by atoms with van der Waals surface area (Å²) in [5, 5.41) is 6.56. The molecule has 0 saturated heterocycles. The van der Waals surface area contributed by atoms with Gasteiger partial charge in [0, 0.05) is 32.9 Å². The van der Waals surface area contributed by atoms with Crippen LogP contribution in [0.25, 0.3) is 0 Å². The Balaban J connectivity index is 1.63. The fraction of sp³-hybridized carbons (Fsp3) is 0.263. The highest BCUT2D eigenvalue weighted by molar-refractivity contribution is 6.35. The zero-order valence-electron chi connectivity index (χ0n) is 13.7. The number of carbonyl (C=O) groups excluding carboxylic acids is 2. The van der Waals surface area contributed by atoms with Crippen molar-refractivity contribution in [1.29, 1.82) is 0 Å². The molecule has 1 unspecified atom stereocenters. The molecule has 0 radical (unpaired) electrons. The van der Waals surface area contributed by atoms with E-state index in [0.717, 1.165) is 0 Å². The molecular weight excluding hydrogens is 359 g/mol. The first-order valence-electron chi connectivity index (χ1n) is 8.11. The zero-order chi connectivity index (χ0) is 18.0. The van der Waals surface area contributed by atoms with Gasteiger partial charge in [0.1, 0.15) is 0 Å². The lowest BCUT2D eigenvalue weighted by Crippen LogP contribution is -2.33. The van der Waals surface area contributed by atoms with Gasteiger partial charge >= 0.3 is 0 Å². The predicted octanol–water partition coefficient (Wildman–Crippen LogP) is 4.77. The minimum atomic E-state index is -0.316. The van der Waals surface area contributed by atoms with E-state index in [1.807, 2.05) is 6.92 Å². The van der Waals surface area contributed by atoms with Crippen molar-refractivity contribution in [3.63, 3.8) is 0 Å². The van der Waals surface area contributed by atoms with Crippen LogP contribution < -0.4 is 10.6 Å². The predicted molar refractivity (Wildman–Crippen MR) is 101 cm³/mol. The van der Waals surface area contributed by atoms with Crippen LogP contribution in [0.4, 0.5) is 5.69 Å². The lowest BCUT2D eigenvalue weighted by molar-refractivity contribution is 0.0935. The summed E-state index contributed by atoms with van der Waals surface area (Å²) >= 11 is 11.8. The van der Waals surface area contributed by atoms with Crippen molar-refractivity contribution in [2.45, 2.75) is 25.8 Å². The molecule has 1 fully saturated rings. The van der Waals surface area contributed by atoms with Gasteiger partial charge in [-0.2, -0.15) is 0 Å². The van der Waals surface area contributed by atoms with Crippen LogP contribution >= 0.6 is 23.2 Å². The second-order valence-corrected chi connectivity index (χ2v) is 7.16. The fourth-order valence-corrected chi connectivity index (χ4v) is 3.12. The molecule has 2 aromatic rings. The quantitative estimate of drug-likeness (QED) is 0.788. The highest BCUT2D eigenvalue weighted by Gasteiger charge is 2.29. The number of rotatable bonds is 5. The number of anilines is 1. The molecule has 0 spiro atoms. The van der Waals surface area contributed by atoms with E-state index in [2.05, 4.69) is 10.6 Å². The van der Waals surface area contributed by atoms with Gasteiger partial charge < -0.3 is 10.6 Å². The number of hydrogen-bond acceptors (Lipinski definition) is 2. The monoisotopic (exact) mass is 376 g/mol. The van der Waals surface area contributed by atoms with Crippen LogP contribution in [0.5, 0.6) is 0 Å². The van der Waals surface area contributed by atoms with Gasteiger partial charge in [-0.3, -0.25) is 9.59 Å². The minimum Gasteiger partial charge on any atom is -0.349 e. The SMILES string of the molecule is CC(NC(=O)c1ccc(NC(=O)c2cc(Cl)cc(Cl)c2)cc1)C1CC1. The normalized spacial score (nSPS) is 14.7. The molecule has 1 aliphatic rings. The molecule has 2 amide bonds. The Bertz CT molecular complexity index is 781. The molecule has 4 nitrogen and oxygen atoms in total. The van der Waals surface area contributed by atoms with Crippen LogP contribution in [0.1, 0.15) is 40.5 Å². The third-order valence-electron chi connectivity index (χ3n) is 4.22. The first-order valence-corrected chi connectivity index (χ1v) is 8.86. The summed E-state index contributed by atoms with van der Waals surface area (Å²) in [6.07, 6.45) is 2.36. The first kappa shape index (κ1) is 17.8. The van der Waals surface area contributed by atoms with Crippen molar-refractivity contribution < 1.29 is 9.59 Å². The zero-order valence-corrected chi connectivity index (χ0v) is 15.2. The van der Waals surface area contributed by atoms with E-state index in [4.69, 9.17) is 23.2 Å². The van der Waals surface area contributed by atoms with Gasteiger partial charge in [0.15, 0.2) is 0 Å². The third-order valence-corrected chi connectivity index (χ3v) is 4.65. The van der Waals surface area contributed by atoms with E-state index in [1.54, 1.807) is 42.5 Å². The smallest absolute Gasteiger partial charge is 0.255 e. The number of carbonyl (C=O) groups is 2. The standard InChI is InChI=1S/C19H18Cl2N2O2/c1-11(12-2-3-12)22-18(24)13-4-6-17(7-5-13)23-19(25)14-8-15(20)10-16(21)9-14/h4-12H,2-3H2,1H3,(H,22,24)(H,23,25). The summed E-state index contributed by atoms with van der Waals surface area (Å²) in [5.74, 6) is 0.190. The van der Waals surface area contributed by atoms with Gasteiger partial charge in [-0.05, 0) is 68.1 Å². The third kappa shape index (κ3) is 4.74. The van der Waals surface area contributed by atoms with E-state index in [0.29, 0.717) is 32.8 Å². The number of benzene rings is 2. The summed E-state index contributed by atoms with van der Waals surface area (Å²) in [6, 6.07) is 11.6. The van der Waals surface area contributed by atoms with Gasteiger partial charge in [-0.15, -0.1) is 0 Å². The average Bonchev–Trinajstić information content (AvgIpc) is 3.39. The maximum absolute atomic E-state index is 12.3. The lowest BCUT2D eigenvalue weighted by atomic mass is 10.1. The average molecular weight is 377 g/mol. The molecule has 6 heteroatoms. The molecular formula is C19H18Cl2N2O2. The topological polar surface area (TPSA) is 58.2 Å². The lowest BCUT2D eigenvalue weighted by Gasteiger charge is -2.13. The van der Waals surface area contributed by atoms with Crippen LogP contribution in [0.2, 0.25) is 10.0 Å². The van der Waals surface area contributed by atoms with Crippen LogP contribution in [-0.4, -0.2) is 17.9 Å². The second-order valence-electron chi connectivity index (χ2n) is 6.29. The summed E-state index contributed by atoms with van der Waals surface area (Å²) in [6.45, 7) is 2.03. The van der Waals surface area contributed by atoms with Crippen molar-refractivity contribution in [2.75, 3.05) is 5.32 Å². The summed E-state index contributed by atoms with van der Waals surface area (Å²) in [4.78, 5) is 24.4. The summed E-state index contributed by atoms with van der Waals surface area (Å²) in [7, 11) is 0. The molecule has 2 N–H and O–H groups in total. The molecule has 130 valence electrons. The van der Waals surface area contributed by atoms with E-state index < -0.39 is 0 Å². The van der Waals surface area contributed by atoms with Gasteiger partial charge in [-0.1, -0.05) is 23.2 Å². The van der Waals surface area contributed by atoms with Crippen molar-refractivity contribution >= 4 is 40.7 Å². The second kappa shape index (κ2) is 7.46. The number of halogens is 2.